The molecule has 4 nitrogen and oxygen atoms in total. The van der Waals surface area contributed by atoms with E-state index in [1.54, 1.807) is 0 Å². The molecule has 0 fully saturated rings. The molecule has 60 valence electrons. The molecule has 1 aliphatic heterocycles. The average molecular weight is 153 g/mol. The van der Waals surface area contributed by atoms with Crippen molar-refractivity contribution in [1.29, 1.82) is 0 Å². The van der Waals surface area contributed by atoms with Crippen LogP contribution in [0.25, 0.3) is 0 Å². The van der Waals surface area contributed by atoms with Crippen LogP contribution in [0.1, 0.15) is 20.3 Å². The molecule has 0 saturated heterocycles. The number of aliphatic imine (C=N–C) groups is 2. The molecule has 0 atom stereocenters. The Balaban J connectivity index is 2.84. The van der Waals surface area contributed by atoms with E-state index in [0.717, 1.165) is 5.71 Å². The van der Waals surface area contributed by atoms with E-state index < -0.39 is 0 Å². The third-order valence-electron chi connectivity index (χ3n) is 1.50. The second kappa shape index (κ2) is 2.82. The first-order valence-corrected chi connectivity index (χ1v) is 3.54. The van der Waals surface area contributed by atoms with Crippen LogP contribution in [-0.2, 0) is 4.79 Å². The van der Waals surface area contributed by atoms with Gasteiger partial charge >= 0.3 is 0 Å². The lowest BCUT2D eigenvalue weighted by Gasteiger charge is -2.10. The van der Waals surface area contributed by atoms with E-state index in [1.807, 2.05) is 13.8 Å². The second-order valence-corrected chi connectivity index (χ2v) is 2.80. The molecule has 1 rings (SSSR count). The highest BCUT2D eigenvalue weighted by Crippen LogP contribution is 2.06. The Morgan fingerprint density at radius 2 is 2.09 bits per heavy atom. The van der Waals surface area contributed by atoms with Gasteiger partial charge in [0.25, 0.3) is 5.91 Å². The summed E-state index contributed by atoms with van der Waals surface area (Å²) in [5.74, 6) is 0.166. The van der Waals surface area contributed by atoms with Crippen molar-refractivity contribution in [2.24, 2.45) is 21.6 Å². The van der Waals surface area contributed by atoms with Crippen LogP contribution in [0, 0.1) is 5.92 Å². The highest BCUT2D eigenvalue weighted by Gasteiger charge is 2.15. The highest BCUT2D eigenvalue weighted by molar-refractivity contribution is 6.13. The van der Waals surface area contributed by atoms with Crippen molar-refractivity contribution < 1.29 is 4.79 Å². The van der Waals surface area contributed by atoms with Gasteiger partial charge in [-0.1, -0.05) is 13.8 Å². The molecule has 0 aromatic carbocycles. The molecule has 0 unspecified atom stereocenters. The van der Waals surface area contributed by atoms with Gasteiger partial charge in [-0.3, -0.25) is 4.79 Å². The van der Waals surface area contributed by atoms with Crippen molar-refractivity contribution >= 4 is 17.6 Å². The van der Waals surface area contributed by atoms with Gasteiger partial charge < -0.3 is 5.73 Å². The van der Waals surface area contributed by atoms with E-state index in [0.29, 0.717) is 6.42 Å². The van der Waals surface area contributed by atoms with Gasteiger partial charge in [0.05, 0.1) is 6.42 Å². The van der Waals surface area contributed by atoms with Gasteiger partial charge in [-0.15, -0.1) is 0 Å². The number of guanidine groups is 1. The van der Waals surface area contributed by atoms with Gasteiger partial charge in [-0.25, -0.2) is 4.99 Å². The van der Waals surface area contributed by atoms with Crippen LogP contribution in [0.2, 0.25) is 0 Å². The molecule has 0 aliphatic carbocycles. The van der Waals surface area contributed by atoms with Crippen molar-refractivity contribution in [3.8, 4) is 0 Å². The number of carbonyl (C=O) groups excluding carboxylic acids is 1. The van der Waals surface area contributed by atoms with Crippen molar-refractivity contribution in [2.45, 2.75) is 20.3 Å². The van der Waals surface area contributed by atoms with E-state index in [-0.39, 0.29) is 17.8 Å². The molecule has 1 aliphatic rings. The largest absolute Gasteiger partial charge is 0.368 e. The van der Waals surface area contributed by atoms with Gasteiger partial charge in [-0.05, 0) is 5.92 Å². The molecule has 1 heterocycles. The maximum atomic E-state index is 10.8. The first-order chi connectivity index (χ1) is 5.09. The topological polar surface area (TPSA) is 67.8 Å². The Morgan fingerprint density at radius 1 is 1.45 bits per heavy atom. The summed E-state index contributed by atoms with van der Waals surface area (Å²) in [6, 6.07) is 0. The third-order valence-corrected chi connectivity index (χ3v) is 1.50. The normalized spacial score (nSPS) is 18.3. The Kier molecular flexibility index (Phi) is 2.03. The van der Waals surface area contributed by atoms with Crippen LogP contribution in [-0.4, -0.2) is 17.6 Å². The number of amides is 1. The maximum Gasteiger partial charge on any atom is 0.254 e. The molecule has 2 N–H and O–H groups in total. The van der Waals surface area contributed by atoms with E-state index in [1.165, 1.54) is 0 Å². The molecule has 0 radical (unpaired) electrons. The van der Waals surface area contributed by atoms with E-state index in [9.17, 15) is 4.79 Å². The van der Waals surface area contributed by atoms with Gasteiger partial charge in [0.15, 0.2) is 0 Å². The van der Waals surface area contributed by atoms with Crippen LogP contribution in [0.3, 0.4) is 0 Å². The molecule has 11 heavy (non-hydrogen) atoms. The summed E-state index contributed by atoms with van der Waals surface area (Å²) in [7, 11) is 0. The number of hydrogen-bond donors (Lipinski definition) is 1. The van der Waals surface area contributed by atoms with E-state index in [2.05, 4.69) is 9.98 Å². The Hall–Kier alpha value is -1.19. The molecular weight excluding hydrogens is 142 g/mol. The average Bonchev–Trinajstić information content (AvgIpc) is 1.85. The zero-order chi connectivity index (χ0) is 8.43. The fourth-order valence-electron chi connectivity index (χ4n) is 0.867. The zero-order valence-corrected chi connectivity index (χ0v) is 6.66. The number of carbonyl (C=O) groups is 1. The quantitative estimate of drug-likeness (QED) is 0.589. The van der Waals surface area contributed by atoms with Crippen molar-refractivity contribution in [2.75, 3.05) is 0 Å². The molecular formula is C7H11N3O. The predicted molar refractivity (Wildman–Crippen MR) is 43.5 cm³/mol. The van der Waals surface area contributed by atoms with E-state index in [4.69, 9.17) is 5.73 Å². The summed E-state index contributed by atoms with van der Waals surface area (Å²) in [4.78, 5) is 18.3. The van der Waals surface area contributed by atoms with E-state index >= 15 is 0 Å². The molecule has 4 heteroatoms. The summed E-state index contributed by atoms with van der Waals surface area (Å²) in [5, 5.41) is 0. The SMILES string of the molecule is CC(C)C1=NC(N)=NC(=O)C1. The first-order valence-electron chi connectivity index (χ1n) is 3.54. The fraction of sp³-hybridized carbons (Fsp3) is 0.571. The standard InChI is InChI=1S/C7H11N3O/c1-4(2)5-3-6(11)10-7(8)9-5/h4H,3H2,1-2H3,(H2,8,10,11). The van der Waals surface area contributed by atoms with Crippen molar-refractivity contribution in [1.82, 2.24) is 0 Å². The molecule has 0 bridgehead atoms. The summed E-state index contributed by atoms with van der Waals surface area (Å²) in [6.45, 7) is 3.95. The number of hydrogen-bond acceptors (Lipinski definition) is 3. The molecule has 0 spiro atoms. The Morgan fingerprint density at radius 3 is 2.55 bits per heavy atom. The van der Waals surface area contributed by atoms with Crippen LogP contribution >= 0.6 is 0 Å². The van der Waals surface area contributed by atoms with Gasteiger partial charge in [-0.2, -0.15) is 4.99 Å². The third kappa shape index (κ3) is 1.86. The maximum absolute atomic E-state index is 10.8. The summed E-state index contributed by atoms with van der Waals surface area (Å²) < 4.78 is 0. The van der Waals surface area contributed by atoms with Gasteiger partial charge in [0.1, 0.15) is 0 Å². The smallest absolute Gasteiger partial charge is 0.254 e. The number of nitrogens with zero attached hydrogens (tertiary/aromatic N) is 2. The summed E-state index contributed by atoms with van der Waals surface area (Å²) in [5.41, 5.74) is 6.12. The number of nitrogens with two attached hydrogens (primary N) is 1. The lowest BCUT2D eigenvalue weighted by molar-refractivity contribution is -0.116. The molecule has 0 aromatic rings. The minimum absolute atomic E-state index is 0.0879. The zero-order valence-electron chi connectivity index (χ0n) is 6.66. The van der Waals surface area contributed by atoms with Crippen LogP contribution in [0.15, 0.2) is 9.98 Å². The lowest BCUT2D eigenvalue weighted by atomic mass is 10.0. The monoisotopic (exact) mass is 153 g/mol. The minimum Gasteiger partial charge on any atom is -0.368 e. The molecule has 0 saturated carbocycles. The van der Waals surface area contributed by atoms with Crippen LogP contribution in [0.5, 0.6) is 0 Å². The lowest BCUT2D eigenvalue weighted by Crippen LogP contribution is -2.24. The van der Waals surface area contributed by atoms with Crippen LogP contribution in [0.4, 0.5) is 0 Å². The predicted octanol–water partition coefficient (Wildman–Crippen LogP) is 0.328. The second-order valence-electron chi connectivity index (χ2n) is 2.80. The Bertz CT molecular complexity index is 240. The van der Waals surface area contributed by atoms with Gasteiger partial charge in [0, 0.05) is 5.71 Å². The van der Waals surface area contributed by atoms with Crippen molar-refractivity contribution in [3.63, 3.8) is 0 Å². The van der Waals surface area contributed by atoms with Crippen molar-refractivity contribution in [3.05, 3.63) is 0 Å². The minimum atomic E-state index is -0.193. The summed E-state index contributed by atoms with van der Waals surface area (Å²) >= 11 is 0. The molecule has 1 amide bonds. The molecule has 0 aromatic heterocycles. The summed E-state index contributed by atoms with van der Waals surface area (Å²) in [6.07, 6.45) is 0.318. The van der Waals surface area contributed by atoms with Gasteiger partial charge in [0.2, 0.25) is 5.96 Å². The highest BCUT2D eigenvalue weighted by atomic mass is 16.1. The number of rotatable bonds is 1. The Labute approximate surface area is 65.2 Å². The fourth-order valence-corrected chi connectivity index (χ4v) is 0.867. The van der Waals surface area contributed by atoms with Crippen LogP contribution < -0.4 is 5.73 Å². The first kappa shape index (κ1) is 7.91.